The first-order chi connectivity index (χ1) is 10.9. The Morgan fingerprint density at radius 3 is 2.70 bits per heavy atom. The minimum absolute atomic E-state index is 0.0698. The Labute approximate surface area is 140 Å². The zero-order chi connectivity index (χ0) is 17.0. The number of hydrogen-bond acceptors (Lipinski definition) is 6. The van der Waals surface area contributed by atoms with Crippen molar-refractivity contribution in [3.63, 3.8) is 0 Å². The third-order valence-electron chi connectivity index (χ3n) is 2.76. The average molecular weight is 355 g/mol. The Hall–Kier alpha value is -2.45. The SMILES string of the molecule is CCOC(=O)c1ccccc1NC(=O)c1cc([N+](=O)[O-])c(Cl)s1. The molecule has 7 nitrogen and oxygen atoms in total. The summed E-state index contributed by atoms with van der Waals surface area (Å²) in [6, 6.07) is 7.41. The van der Waals surface area contributed by atoms with Gasteiger partial charge in [0.25, 0.3) is 11.6 Å². The molecule has 0 aliphatic heterocycles. The Kier molecular flexibility index (Phi) is 5.30. The second-order valence-corrected chi connectivity index (χ2v) is 5.90. The number of anilines is 1. The van der Waals surface area contributed by atoms with Gasteiger partial charge >= 0.3 is 5.97 Å². The number of hydrogen-bond donors (Lipinski definition) is 1. The number of esters is 1. The lowest BCUT2D eigenvalue weighted by molar-refractivity contribution is -0.384. The monoisotopic (exact) mass is 354 g/mol. The van der Waals surface area contributed by atoms with Gasteiger partial charge in [-0.3, -0.25) is 14.9 Å². The summed E-state index contributed by atoms with van der Waals surface area (Å²) in [5, 5.41) is 13.3. The van der Waals surface area contributed by atoms with Crippen molar-refractivity contribution in [1.82, 2.24) is 0 Å². The van der Waals surface area contributed by atoms with Gasteiger partial charge in [0.2, 0.25) is 0 Å². The number of nitro groups is 1. The van der Waals surface area contributed by atoms with Crippen molar-refractivity contribution in [1.29, 1.82) is 0 Å². The first-order valence-electron chi connectivity index (χ1n) is 6.45. The topological polar surface area (TPSA) is 98.5 Å². The van der Waals surface area contributed by atoms with Gasteiger partial charge in [0.1, 0.15) is 4.88 Å². The maximum atomic E-state index is 12.2. The molecule has 0 aliphatic rings. The fourth-order valence-electron chi connectivity index (χ4n) is 1.76. The van der Waals surface area contributed by atoms with Gasteiger partial charge in [-0.1, -0.05) is 23.7 Å². The summed E-state index contributed by atoms with van der Waals surface area (Å²) in [5.74, 6) is -1.17. The van der Waals surface area contributed by atoms with Crippen LogP contribution in [0.3, 0.4) is 0 Å². The van der Waals surface area contributed by atoms with E-state index in [4.69, 9.17) is 16.3 Å². The second kappa shape index (κ2) is 7.21. The van der Waals surface area contributed by atoms with E-state index in [0.717, 1.165) is 17.4 Å². The Morgan fingerprint density at radius 1 is 1.39 bits per heavy atom. The highest BCUT2D eigenvalue weighted by atomic mass is 35.5. The normalized spacial score (nSPS) is 10.2. The number of rotatable bonds is 5. The van der Waals surface area contributed by atoms with E-state index in [2.05, 4.69) is 5.32 Å². The summed E-state index contributed by atoms with van der Waals surface area (Å²) in [5.41, 5.74) is 0.114. The van der Waals surface area contributed by atoms with Gasteiger partial charge in [0.15, 0.2) is 4.34 Å². The third kappa shape index (κ3) is 3.85. The number of thiophene rings is 1. The van der Waals surface area contributed by atoms with E-state index in [1.165, 1.54) is 12.1 Å². The summed E-state index contributed by atoms with van der Waals surface area (Å²) >= 11 is 6.52. The number of carbonyl (C=O) groups is 2. The number of nitrogens with one attached hydrogen (secondary N) is 1. The maximum absolute atomic E-state index is 12.2. The van der Waals surface area contributed by atoms with Crippen LogP contribution in [0.5, 0.6) is 0 Å². The largest absolute Gasteiger partial charge is 0.462 e. The van der Waals surface area contributed by atoms with E-state index in [-0.39, 0.29) is 32.8 Å². The number of amides is 1. The molecule has 0 aliphatic carbocycles. The van der Waals surface area contributed by atoms with Gasteiger partial charge in [-0.2, -0.15) is 0 Å². The molecule has 1 amide bonds. The number of carbonyl (C=O) groups excluding carboxylic acids is 2. The van der Waals surface area contributed by atoms with Gasteiger partial charge in [-0.15, -0.1) is 11.3 Å². The fourth-order valence-corrected chi connectivity index (χ4v) is 2.88. The van der Waals surface area contributed by atoms with Crippen LogP contribution in [-0.4, -0.2) is 23.4 Å². The van der Waals surface area contributed by atoms with E-state index in [1.807, 2.05) is 0 Å². The molecule has 0 spiro atoms. The highest BCUT2D eigenvalue weighted by Crippen LogP contribution is 2.34. The number of para-hydroxylation sites is 1. The number of nitrogens with zero attached hydrogens (tertiary/aromatic N) is 1. The maximum Gasteiger partial charge on any atom is 0.340 e. The molecule has 0 saturated heterocycles. The predicted octanol–water partition coefficient (Wildman–Crippen LogP) is 3.74. The van der Waals surface area contributed by atoms with Crippen LogP contribution in [0.1, 0.15) is 27.0 Å². The molecular weight excluding hydrogens is 344 g/mol. The highest BCUT2D eigenvalue weighted by molar-refractivity contribution is 7.18. The van der Waals surface area contributed by atoms with Gasteiger partial charge in [0, 0.05) is 6.07 Å². The summed E-state index contributed by atoms with van der Waals surface area (Å²) in [6.45, 7) is 1.87. The third-order valence-corrected chi connectivity index (χ3v) is 4.10. The van der Waals surface area contributed by atoms with Gasteiger partial charge in [-0.25, -0.2) is 4.79 Å². The van der Waals surface area contributed by atoms with Crippen LogP contribution in [0, 0.1) is 10.1 Å². The van der Waals surface area contributed by atoms with Crippen molar-refractivity contribution < 1.29 is 19.2 Å². The van der Waals surface area contributed by atoms with Crippen molar-refractivity contribution in [2.75, 3.05) is 11.9 Å². The van der Waals surface area contributed by atoms with E-state index >= 15 is 0 Å². The van der Waals surface area contributed by atoms with Crippen molar-refractivity contribution in [3.05, 3.63) is 55.2 Å². The molecule has 9 heteroatoms. The molecule has 2 rings (SSSR count). The lowest BCUT2D eigenvalue weighted by Crippen LogP contribution is -2.14. The van der Waals surface area contributed by atoms with E-state index in [0.29, 0.717) is 0 Å². The zero-order valence-electron chi connectivity index (χ0n) is 11.9. The van der Waals surface area contributed by atoms with Crippen LogP contribution >= 0.6 is 22.9 Å². The molecule has 1 aromatic carbocycles. The van der Waals surface area contributed by atoms with Crippen molar-refractivity contribution in [2.24, 2.45) is 0 Å². The molecule has 0 radical (unpaired) electrons. The molecule has 0 fully saturated rings. The molecule has 1 N–H and O–H groups in total. The van der Waals surface area contributed by atoms with Gasteiger partial charge < -0.3 is 10.1 Å². The standard InChI is InChI=1S/C14H11ClN2O5S/c1-2-22-14(19)8-5-3-4-6-9(8)16-13(18)11-7-10(17(20)21)12(15)23-11/h3-7H,2H2,1H3,(H,16,18). The molecule has 1 heterocycles. The smallest absolute Gasteiger partial charge is 0.340 e. The molecule has 23 heavy (non-hydrogen) atoms. The van der Waals surface area contributed by atoms with Crippen LogP contribution in [0.4, 0.5) is 11.4 Å². The van der Waals surface area contributed by atoms with E-state index in [1.54, 1.807) is 19.1 Å². The van der Waals surface area contributed by atoms with E-state index < -0.39 is 16.8 Å². The van der Waals surface area contributed by atoms with Crippen molar-refractivity contribution >= 4 is 46.2 Å². The average Bonchev–Trinajstić information content (AvgIpc) is 2.90. The van der Waals surface area contributed by atoms with Crippen molar-refractivity contribution in [3.8, 4) is 0 Å². The predicted molar refractivity (Wildman–Crippen MR) is 86.3 cm³/mol. The van der Waals surface area contributed by atoms with Crippen LogP contribution < -0.4 is 5.32 Å². The number of halogens is 1. The molecule has 2 aromatic rings. The summed E-state index contributed by atoms with van der Waals surface area (Å²) in [6.07, 6.45) is 0. The van der Waals surface area contributed by atoms with Crippen LogP contribution in [0.2, 0.25) is 4.34 Å². The molecule has 0 saturated carbocycles. The second-order valence-electron chi connectivity index (χ2n) is 4.25. The number of benzene rings is 1. The fraction of sp³-hybridized carbons (Fsp3) is 0.143. The van der Waals surface area contributed by atoms with Crippen LogP contribution in [0.25, 0.3) is 0 Å². The highest BCUT2D eigenvalue weighted by Gasteiger charge is 2.22. The molecule has 0 unspecified atom stereocenters. The van der Waals surface area contributed by atoms with Gasteiger partial charge in [0.05, 0.1) is 22.8 Å². The summed E-state index contributed by atoms with van der Waals surface area (Å²) < 4.78 is 4.83. The molecule has 120 valence electrons. The number of ether oxygens (including phenoxy) is 1. The van der Waals surface area contributed by atoms with Crippen molar-refractivity contribution in [2.45, 2.75) is 6.92 Å². The summed E-state index contributed by atoms with van der Waals surface area (Å²) in [7, 11) is 0. The quantitative estimate of drug-likeness (QED) is 0.501. The molecule has 0 bridgehead atoms. The van der Waals surface area contributed by atoms with Crippen LogP contribution in [0.15, 0.2) is 30.3 Å². The Balaban J connectivity index is 2.26. The lowest BCUT2D eigenvalue weighted by atomic mass is 10.2. The molecule has 1 aromatic heterocycles. The summed E-state index contributed by atoms with van der Waals surface area (Å²) in [4.78, 5) is 34.2. The molecule has 0 atom stereocenters. The lowest BCUT2D eigenvalue weighted by Gasteiger charge is -2.09. The Morgan fingerprint density at radius 2 is 2.09 bits per heavy atom. The first-order valence-corrected chi connectivity index (χ1v) is 7.64. The first kappa shape index (κ1) is 16.9. The minimum atomic E-state index is -0.665. The van der Waals surface area contributed by atoms with Gasteiger partial charge in [-0.05, 0) is 19.1 Å². The zero-order valence-corrected chi connectivity index (χ0v) is 13.4. The van der Waals surface area contributed by atoms with E-state index in [9.17, 15) is 19.7 Å². The van der Waals surface area contributed by atoms with Crippen LogP contribution in [-0.2, 0) is 4.74 Å². The minimum Gasteiger partial charge on any atom is -0.462 e. The Bertz CT molecular complexity index is 774. The molecular formula is C14H11ClN2O5S.